The number of likely N-dealkylation sites (tertiary alicyclic amines) is 1. The van der Waals surface area contributed by atoms with E-state index in [1.165, 1.54) is 0 Å². The average molecular weight is 211 g/mol. The number of hydrogen-bond donors (Lipinski definition) is 0. The maximum Gasteiger partial charge on any atom is 0.223 e. The normalized spacial score (nSPS) is 18.9. The largest absolute Gasteiger partial charge is 0.342 e. The molecule has 1 amide bonds. The summed E-state index contributed by atoms with van der Waals surface area (Å²) >= 11 is 0. The van der Waals surface area contributed by atoms with Crippen LogP contribution < -0.4 is 0 Å². The van der Waals surface area contributed by atoms with Crippen molar-refractivity contribution < 1.29 is 4.79 Å². The smallest absolute Gasteiger partial charge is 0.223 e. The van der Waals surface area contributed by atoms with Crippen LogP contribution in [0, 0.1) is 16.7 Å². The van der Waals surface area contributed by atoms with Crippen LogP contribution in [0.3, 0.4) is 0 Å². The van der Waals surface area contributed by atoms with Gasteiger partial charge in [0.1, 0.15) is 0 Å². The summed E-state index contributed by atoms with van der Waals surface area (Å²) in [5.41, 5.74) is 0.461. The Morgan fingerprint density at radius 3 is 1.93 bits per heavy atom. The molecule has 2 heteroatoms. The highest BCUT2D eigenvalue weighted by Gasteiger charge is 2.38. The van der Waals surface area contributed by atoms with Gasteiger partial charge < -0.3 is 4.90 Å². The van der Waals surface area contributed by atoms with Crippen molar-refractivity contribution >= 4 is 5.91 Å². The SMILES string of the molecule is CC(C)(C)CC(=O)N1CC(C(C)(C)C)C1. The first kappa shape index (κ1) is 12.5. The summed E-state index contributed by atoms with van der Waals surface area (Å²) < 4.78 is 0. The maximum absolute atomic E-state index is 11.8. The van der Waals surface area contributed by atoms with Gasteiger partial charge in [0.05, 0.1) is 0 Å². The summed E-state index contributed by atoms with van der Waals surface area (Å²) in [5, 5.41) is 0. The summed E-state index contributed by atoms with van der Waals surface area (Å²) in [6.45, 7) is 15.0. The Morgan fingerprint density at radius 2 is 1.60 bits per heavy atom. The standard InChI is InChI=1S/C13H25NO/c1-12(2,3)7-11(15)14-8-10(9-14)13(4,5)6/h10H,7-9H2,1-6H3. The van der Waals surface area contributed by atoms with Crippen molar-refractivity contribution in [2.75, 3.05) is 13.1 Å². The van der Waals surface area contributed by atoms with Crippen LogP contribution in [0.4, 0.5) is 0 Å². The second-order valence-corrected chi connectivity index (χ2v) is 7.10. The molecule has 0 unspecified atom stereocenters. The van der Waals surface area contributed by atoms with E-state index < -0.39 is 0 Å². The van der Waals surface area contributed by atoms with Gasteiger partial charge in [0, 0.05) is 19.5 Å². The number of rotatable bonds is 1. The summed E-state index contributed by atoms with van der Waals surface area (Å²) in [5.74, 6) is 1.00. The minimum absolute atomic E-state index is 0.115. The molecule has 0 spiro atoms. The molecule has 1 saturated heterocycles. The van der Waals surface area contributed by atoms with E-state index in [4.69, 9.17) is 0 Å². The Kier molecular flexibility index (Phi) is 3.18. The van der Waals surface area contributed by atoms with E-state index in [0.717, 1.165) is 13.1 Å². The second-order valence-electron chi connectivity index (χ2n) is 7.10. The lowest BCUT2D eigenvalue weighted by Crippen LogP contribution is -2.55. The molecule has 1 rings (SSSR count). The van der Waals surface area contributed by atoms with Crippen LogP contribution in [0.15, 0.2) is 0 Å². The van der Waals surface area contributed by atoms with Gasteiger partial charge in [-0.05, 0) is 16.7 Å². The fourth-order valence-electron chi connectivity index (χ4n) is 1.80. The molecule has 1 fully saturated rings. The molecule has 0 N–H and O–H groups in total. The predicted molar refractivity (Wildman–Crippen MR) is 63.6 cm³/mol. The van der Waals surface area contributed by atoms with Crippen LogP contribution in [-0.4, -0.2) is 23.9 Å². The van der Waals surface area contributed by atoms with Crippen molar-refractivity contribution in [2.24, 2.45) is 16.7 Å². The zero-order valence-corrected chi connectivity index (χ0v) is 11.1. The van der Waals surface area contributed by atoms with Crippen molar-refractivity contribution in [3.8, 4) is 0 Å². The van der Waals surface area contributed by atoms with Crippen LogP contribution in [0.5, 0.6) is 0 Å². The van der Waals surface area contributed by atoms with Gasteiger partial charge in [0.15, 0.2) is 0 Å². The third kappa shape index (κ3) is 3.51. The molecule has 0 aromatic carbocycles. The highest BCUT2D eigenvalue weighted by atomic mass is 16.2. The molecule has 0 aromatic rings. The third-order valence-electron chi connectivity index (χ3n) is 3.14. The lowest BCUT2D eigenvalue weighted by molar-refractivity contribution is -0.142. The molecule has 88 valence electrons. The molecule has 2 nitrogen and oxygen atoms in total. The Hall–Kier alpha value is -0.530. The van der Waals surface area contributed by atoms with Crippen LogP contribution in [0.1, 0.15) is 48.0 Å². The summed E-state index contributed by atoms with van der Waals surface area (Å²) in [6, 6.07) is 0. The van der Waals surface area contributed by atoms with Crippen molar-refractivity contribution in [1.29, 1.82) is 0 Å². The van der Waals surface area contributed by atoms with Gasteiger partial charge in [-0.3, -0.25) is 4.79 Å². The van der Waals surface area contributed by atoms with Gasteiger partial charge in [-0.2, -0.15) is 0 Å². The fourth-order valence-corrected chi connectivity index (χ4v) is 1.80. The summed E-state index contributed by atoms with van der Waals surface area (Å²) in [6.07, 6.45) is 0.670. The van der Waals surface area contributed by atoms with Crippen LogP contribution in [0.25, 0.3) is 0 Å². The molecular formula is C13H25NO. The summed E-state index contributed by atoms with van der Waals surface area (Å²) in [4.78, 5) is 13.8. The summed E-state index contributed by atoms with van der Waals surface area (Å²) in [7, 11) is 0. The second kappa shape index (κ2) is 3.80. The Balaban J connectivity index is 2.37. The van der Waals surface area contributed by atoms with Crippen molar-refractivity contribution in [2.45, 2.75) is 48.0 Å². The van der Waals surface area contributed by atoms with E-state index in [9.17, 15) is 4.79 Å². The van der Waals surface area contributed by atoms with E-state index in [1.54, 1.807) is 0 Å². The first-order chi connectivity index (χ1) is 6.59. The van der Waals surface area contributed by atoms with E-state index in [0.29, 0.717) is 23.7 Å². The van der Waals surface area contributed by atoms with Crippen LogP contribution in [-0.2, 0) is 4.79 Å². The van der Waals surface area contributed by atoms with Gasteiger partial charge >= 0.3 is 0 Å². The van der Waals surface area contributed by atoms with Crippen molar-refractivity contribution in [3.05, 3.63) is 0 Å². The van der Waals surface area contributed by atoms with E-state index >= 15 is 0 Å². The highest BCUT2D eigenvalue weighted by molar-refractivity contribution is 5.77. The molecule has 0 radical (unpaired) electrons. The zero-order chi connectivity index (χ0) is 11.9. The number of carbonyl (C=O) groups is 1. The minimum Gasteiger partial charge on any atom is -0.342 e. The van der Waals surface area contributed by atoms with Gasteiger partial charge in [0.25, 0.3) is 0 Å². The average Bonchev–Trinajstić information content (AvgIpc) is 1.72. The van der Waals surface area contributed by atoms with Gasteiger partial charge in [-0.25, -0.2) is 0 Å². The first-order valence-electron chi connectivity index (χ1n) is 5.87. The number of nitrogens with zero attached hydrogens (tertiary/aromatic N) is 1. The van der Waals surface area contributed by atoms with E-state index in [-0.39, 0.29) is 5.41 Å². The van der Waals surface area contributed by atoms with Crippen molar-refractivity contribution in [1.82, 2.24) is 4.90 Å². The molecule has 15 heavy (non-hydrogen) atoms. The Morgan fingerprint density at radius 1 is 1.13 bits per heavy atom. The van der Waals surface area contributed by atoms with Gasteiger partial charge in [-0.1, -0.05) is 41.5 Å². The van der Waals surface area contributed by atoms with Gasteiger partial charge in [-0.15, -0.1) is 0 Å². The molecular weight excluding hydrogens is 186 g/mol. The fraction of sp³-hybridized carbons (Fsp3) is 0.923. The zero-order valence-electron chi connectivity index (χ0n) is 11.1. The molecule has 0 saturated carbocycles. The third-order valence-corrected chi connectivity index (χ3v) is 3.14. The molecule has 1 aliphatic rings. The molecule has 0 bridgehead atoms. The Bertz CT molecular complexity index is 238. The molecule has 0 atom stereocenters. The maximum atomic E-state index is 11.8. The topological polar surface area (TPSA) is 20.3 Å². The molecule has 0 aromatic heterocycles. The first-order valence-corrected chi connectivity index (χ1v) is 5.87. The van der Waals surface area contributed by atoms with Crippen molar-refractivity contribution in [3.63, 3.8) is 0 Å². The Labute approximate surface area is 94.0 Å². The molecule has 1 aliphatic heterocycles. The monoisotopic (exact) mass is 211 g/mol. The minimum atomic E-state index is 0.115. The van der Waals surface area contributed by atoms with Crippen LogP contribution >= 0.6 is 0 Å². The highest BCUT2D eigenvalue weighted by Crippen LogP contribution is 2.34. The number of hydrogen-bond acceptors (Lipinski definition) is 1. The molecule has 1 heterocycles. The lowest BCUT2D eigenvalue weighted by Gasteiger charge is -2.47. The number of carbonyl (C=O) groups excluding carboxylic acids is 1. The van der Waals surface area contributed by atoms with E-state index in [2.05, 4.69) is 41.5 Å². The lowest BCUT2D eigenvalue weighted by atomic mass is 9.75. The van der Waals surface area contributed by atoms with Crippen LogP contribution in [0.2, 0.25) is 0 Å². The van der Waals surface area contributed by atoms with E-state index in [1.807, 2.05) is 4.90 Å². The number of amides is 1. The molecule has 0 aliphatic carbocycles. The predicted octanol–water partition coefficient (Wildman–Crippen LogP) is 2.93. The van der Waals surface area contributed by atoms with Gasteiger partial charge in [0.2, 0.25) is 5.91 Å². The quantitative estimate of drug-likeness (QED) is 0.653.